The molecule has 0 unspecified atom stereocenters. The molecule has 0 aromatic carbocycles. The molecule has 2 rings (SSSR count). The molecule has 2 heterocycles. The first-order valence-electron chi connectivity index (χ1n) is 7.57. The number of ether oxygens (including phenoxy) is 1. The summed E-state index contributed by atoms with van der Waals surface area (Å²) < 4.78 is 43.5. The molecule has 11 heteroatoms. The van der Waals surface area contributed by atoms with E-state index in [9.17, 15) is 13.2 Å². The maximum atomic E-state index is 12.7. The van der Waals surface area contributed by atoms with Gasteiger partial charge in [0.05, 0.1) is 22.3 Å². The van der Waals surface area contributed by atoms with Crippen LogP contribution in [0.25, 0.3) is 0 Å². The number of hydrogen-bond donors (Lipinski definition) is 2. The number of thiocarbonyl (C=S) groups is 1. The summed E-state index contributed by atoms with van der Waals surface area (Å²) in [6, 6.07) is 4.20. The molecular formula is C16H15BrF3N5OS. The van der Waals surface area contributed by atoms with Gasteiger partial charge in [-0.25, -0.2) is 15.0 Å². The molecule has 0 saturated carbocycles. The summed E-state index contributed by atoms with van der Waals surface area (Å²) in [5.74, 6) is 0.699. The fraction of sp³-hybridized carbons (Fsp3) is 0.250. The van der Waals surface area contributed by atoms with Crippen molar-refractivity contribution in [1.82, 2.24) is 9.97 Å². The lowest BCUT2D eigenvalue weighted by molar-refractivity contribution is -0.137. The van der Waals surface area contributed by atoms with E-state index in [1.54, 1.807) is 12.1 Å². The van der Waals surface area contributed by atoms with Gasteiger partial charge in [0, 0.05) is 6.20 Å². The number of nitrogens with one attached hydrogen (secondary N) is 1. The van der Waals surface area contributed by atoms with Crippen molar-refractivity contribution in [3.8, 4) is 5.75 Å². The molecule has 0 saturated heterocycles. The number of halogens is 4. The zero-order valence-corrected chi connectivity index (χ0v) is 16.6. The molecule has 27 heavy (non-hydrogen) atoms. The quantitative estimate of drug-likeness (QED) is 0.404. The number of pyridine rings is 2. The fourth-order valence-corrected chi connectivity index (χ4v) is 2.50. The molecule has 6 nitrogen and oxygen atoms in total. The number of rotatable bonds is 4. The highest BCUT2D eigenvalue weighted by molar-refractivity contribution is 9.10. The van der Waals surface area contributed by atoms with Crippen molar-refractivity contribution in [2.45, 2.75) is 26.1 Å². The third kappa shape index (κ3) is 6.14. The van der Waals surface area contributed by atoms with Gasteiger partial charge in [0.25, 0.3) is 0 Å². The number of aliphatic imine (C=N–C) groups is 1. The van der Waals surface area contributed by atoms with Crippen LogP contribution in [0.2, 0.25) is 0 Å². The smallest absolute Gasteiger partial charge is 0.417 e. The number of amidine groups is 1. The van der Waals surface area contributed by atoms with E-state index in [4.69, 9.17) is 22.7 Å². The number of hydrogen-bond acceptors (Lipinski definition) is 4. The van der Waals surface area contributed by atoms with Gasteiger partial charge in [-0.1, -0.05) is 0 Å². The van der Waals surface area contributed by atoms with E-state index < -0.39 is 11.7 Å². The molecule has 0 spiro atoms. The van der Waals surface area contributed by atoms with Crippen LogP contribution in [0.4, 0.5) is 19.0 Å². The Kier molecular flexibility index (Phi) is 6.71. The van der Waals surface area contributed by atoms with Gasteiger partial charge in [-0.3, -0.25) is 0 Å². The average Bonchev–Trinajstić information content (AvgIpc) is 2.55. The van der Waals surface area contributed by atoms with Crippen molar-refractivity contribution in [2.24, 2.45) is 10.7 Å². The zero-order valence-electron chi connectivity index (χ0n) is 14.2. The highest BCUT2D eigenvalue weighted by atomic mass is 79.9. The van der Waals surface area contributed by atoms with Crippen LogP contribution in [-0.4, -0.2) is 27.0 Å². The van der Waals surface area contributed by atoms with Gasteiger partial charge in [0.1, 0.15) is 17.3 Å². The number of alkyl halides is 3. The molecule has 0 aliphatic rings. The second-order valence-electron chi connectivity index (χ2n) is 5.53. The molecule has 0 bridgehead atoms. The molecule has 0 atom stereocenters. The predicted molar refractivity (Wildman–Crippen MR) is 104 cm³/mol. The lowest BCUT2D eigenvalue weighted by atomic mass is 10.3. The van der Waals surface area contributed by atoms with Crippen LogP contribution < -0.4 is 15.8 Å². The van der Waals surface area contributed by atoms with Crippen LogP contribution in [0.15, 0.2) is 40.1 Å². The molecular weight excluding hydrogens is 447 g/mol. The normalized spacial score (nSPS) is 12.2. The number of nitrogens with zero attached hydrogens (tertiary/aromatic N) is 3. The predicted octanol–water partition coefficient (Wildman–Crippen LogP) is 4.15. The van der Waals surface area contributed by atoms with Crippen molar-refractivity contribution in [2.75, 3.05) is 5.32 Å². The summed E-state index contributed by atoms with van der Waals surface area (Å²) in [7, 11) is 0. The monoisotopic (exact) mass is 461 g/mol. The van der Waals surface area contributed by atoms with E-state index in [1.807, 2.05) is 13.8 Å². The molecule has 144 valence electrons. The summed E-state index contributed by atoms with van der Waals surface area (Å²) in [6.07, 6.45) is -2.29. The van der Waals surface area contributed by atoms with Crippen LogP contribution in [0.1, 0.15) is 25.1 Å². The average molecular weight is 462 g/mol. The van der Waals surface area contributed by atoms with Gasteiger partial charge in [-0.15, -0.1) is 0 Å². The Labute approximate surface area is 167 Å². The third-order valence-electron chi connectivity index (χ3n) is 2.99. The van der Waals surface area contributed by atoms with Crippen molar-refractivity contribution >= 4 is 44.9 Å². The van der Waals surface area contributed by atoms with E-state index in [-0.39, 0.29) is 27.3 Å². The van der Waals surface area contributed by atoms with Crippen LogP contribution in [0.3, 0.4) is 0 Å². The van der Waals surface area contributed by atoms with Crippen molar-refractivity contribution in [3.63, 3.8) is 0 Å². The number of nitrogens with two attached hydrogens (primary N) is 1. The zero-order chi connectivity index (χ0) is 20.2. The Balaban J connectivity index is 2.09. The molecule has 3 N–H and O–H groups in total. The van der Waals surface area contributed by atoms with Gasteiger partial charge in [0.15, 0.2) is 10.9 Å². The van der Waals surface area contributed by atoms with Crippen LogP contribution in [0, 0.1) is 0 Å². The van der Waals surface area contributed by atoms with Gasteiger partial charge in [-0.2, -0.15) is 13.2 Å². The molecule has 0 aliphatic heterocycles. The minimum absolute atomic E-state index is 0.00937. The van der Waals surface area contributed by atoms with E-state index in [0.29, 0.717) is 17.6 Å². The summed E-state index contributed by atoms with van der Waals surface area (Å²) >= 11 is 8.06. The van der Waals surface area contributed by atoms with E-state index in [0.717, 1.165) is 6.07 Å². The molecule has 0 aliphatic carbocycles. The standard InChI is InChI=1S/C16H15BrF3N5OS/c1-8(2)26-10-3-4-12(22-7-10)13(21)24-15(27)25-14-11(17)5-9(6-23-14)16(18,19)20/h3-8H,1-2H3,(H3,21,23,24,25,27). The first kappa shape index (κ1) is 21.0. The van der Waals surface area contributed by atoms with E-state index >= 15 is 0 Å². The van der Waals surface area contributed by atoms with Gasteiger partial charge in [0.2, 0.25) is 0 Å². The lowest BCUT2D eigenvalue weighted by Gasteiger charge is -2.11. The minimum Gasteiger partial charge on any atom is -0.489 e. The van der Waals surface area contributed by atoms with E-state index in [1.165, 1.54) is 6.20 Å². The van der Waals surface area contributed by atoms with Crippen LogP contribution >= 0.6 is 28.1 Å². The molecule has 2 aromatic heterocycles. The van der Waals surface area contributed by atoms with Crippen LogP contribution in [0.5, 0.6) is 5.75 Å². The summed E-state index contributed by atoms with van der Waals surface area (Å²) in [5, 5.41) is 2.53. The summed E-state index contributed by atoms with van der Waals surface area (Å²) in [4.78, 5) is 11.8. The van der Waals surface area contributed by atoms with Crippen molar-refractivity contribution < 1.29 is 17.9 Å². The first-order valence-corrected chi connectivity index (χ1v) is 8.77. The number of aromatic nitrogens is 2. The third-order valence-corrected chi connectivity index (χ3v) is 3.78. The summed E-state index contributed by atoms with van der Waals surface area (Å²) in [5.41, 5.74) is 5.34. The first-order chi connectivity index (χ1) is 12.6. The Bertz CT molecular complexity index is 856. The molecule has 0 fully saturated rings. The van der Waals surface area contributed by atoms with Gasteiger partial charge in [-0.05, 0) is 60.2 Å². The Morgan fingerprint density at radius 3 is 2.52 bits per heavy atom. The Hall–Kier alpha value is -2.27. The second kappa shape index (κ2) is 8.61. The SMILES string of the molecule is CC(C)Oc1ccc(/C(N)=N/C(=S)Nc2ncc(C(F)(F)F)cc2Br)nc1. The number of anilines is 1. The topological polar surface area (TPSA) is 85.4 Å². The highest BCUT2D eigenvalue weighted by Gasteiger charge is 2.31. The van der Waals surface area contributed by atoms with Crippen molar-refractivity contribution in [3.05, 3.63) is 46.3 Å². The van der Waals surface area contributed by atoms with Crippen LogP contribution in [-0.2, 0) is 6.18 Å². The maximum absolute atomic E-state index is 12.7. The minimum atomic E-state index is -4.49. The molecule has 2 aromatic rings. The maximum Gasteiger partial charge on any atom is 0.417 e. The molecule has 0 amide bonds. The summed E-state index contributed by atoms with van der Waals surface area (Å²) in [6.45, 7) is 3.78. The largest absolute Gasteiger partial charge is 0.489 e. The van der Waals surface area contributed by atoms with Gasteiger partial charge < -0.3 is 15.8 Å². The van der Waals surface area contributed by atoms with E-state index in [2.05, 4.69) is 36.2 Å². The van der Waals surface area contributed by atoms with Crippen molar-refractivity contribution in [1.29, 1.82) is 0 Å². The fourth-order valence-electron chi connectivity index (χ4n) is 1.85. The second-order valence-corrected chi connectivity index (χ2v) is 6.77. The lowest BCUT2D eigenvalue weighted by Crippen LogP contribution is -2.20. The van der Waals surface area contributed by atoms with Gasteiger partial charge >= 0.3 is 6.18 Å². The molecule has 0 radical (unpaired) electrons. The Morgan fingerprint density at radius 1 is 1.30 bits per heavy atom. The highest BCUT2D eigenvalue weighted by Crippen LogP contribution is 2.32. The Morgan fingerprint density at radius 2 is 2.00 bits per heavy atom.